The molecule has 3 rings (SSSR count). The van der Waals surface area contributed by atoms with Crippen molar-refractivity contribution in [2.24, 2.45) is 0 Å². The second kappa shape index (κ2) is 7.28. The lowest BCUT2D eigenvalue weighted by atomic mass is 10.0. The third-order valence-corrected chi connectivity index (χ3v) is 5.43. The van der Waals surface area contributed by atoms with Gasteiger partial charge in [-0.3, -0.25) is 14.5 Å². The Labute approximate surface area is 149 Å². The van der Waals surface area contributed by atoms with Crippen molar-refractivity contribution in [3.8, 4) is 0 Å². The lowest BCUT2D eigenvalue weighted by Gasteiger charge is -2.49. The van der Waals surface area contributed by atoms with Gasteiger partial charge in [-0.15, -0.1) is 11.8 Å². The Morgan fingerprint density at radius 3 is 2.72 bits per heavy atom. The topological polar surface area (TPSA) is 95.9 Å². The van der Waals surface area contributed by atoms with Gasteiger partial charge in [0, 0.05) is 12.9 Å². The Bertz CT molecular complexity index is 734. The van der Waals surface area contributed by atoms with Crippen LogP contribution in [-0.4, -0.2) is 58.7 Å². The fraction of sp³-hybridized carbons (Fsp3) is 0.353. The molecule has 2 aliphatic rings. The number of carbonyl (C=O) groups is 3. The normalized spacial score (nSPS) is 22.3. The number of aliphatic carboxylic acids is 1. The molecule has 0 aromatic heterocycles. The van der Waals surface area contributed by atoms with Crippen molar-refractivity contribution >= 4 is 29.5 Å². The molecule has 0 aliphatic carbocycles. The van der Waals surface area contributed by atoms with Gasteiger partial charge in [0.2, 0.25) is 5.91 Å². The molecule has 0 bridgehead atoms. The van der Waals surface area contributed by atoms with Gasteiger partial charge in [-0.2, -0.15) is 0 Å². The number of nitrogens with one attached hydrogen (secondary N) is 1. The molecule has 25 heavy (non-hydrogen) atoms. The Morgan fingerprint density at radius 1 is 1.36 bits per heavy atom. The van der Waals surface area contributed by atoms with E-state index in [4.69, 9.17) is 4.74 Å². The number of carbonyl (C=O) groups excluding carboxylic acids is 2. The van der Waals surface area contributed by atoms with Crippen LogP contribution in [0, 0.1) is 0 Å². The maximum atomic E-state index is 12.4. The lowest BCUT2D eigenvalue weighted by molar-refractivity contribution is -0.150. The zero-order chi connectivity index (χ0) is 18.0. The van der Waals surface area contributed by atoms with Crippen LogP contribution in [0.1, 0.15) is 5.56 Å². The molecule has 0 saturated carbocycles. The Kier molecular flexibility index (Phi) is 5.10. The van der Waals surface area contributed by atoms with Gasteiger partial charge in [-0.1, -0.05) is 30.3 Å². The van der Waals surface area contributed by atoms with E-state index < -0.39 is 17.9 Å². The van der Waals surface area contributed by atoms with Crippen molar-refractivity contribution in [2.45, 2.75) is 17.8 Å². The van der Waals surface area contributed by atoms with Gasteiger partial charge in [0.15, 0.2) is 0 Å². The van der Waals surface area contributed by atoms with Crippen LogP contribution in [0.2, 0.25) is 0 Å². The summed E-state index contributed by atoms with van der Waals surface area (Å²) in [5.41, 5.74) is 1.40. The van der Waals surface area contributed by atoms with E-state index in [1.54, 1.807) is 0 Å². The number of fused-ring (bicyclic) bond motifs is 1. The van der Waals surface area contributed by atoms with Crippen molar-refractivity contribution in [1.29, 1.82) is 0 Å². The summed E-state index contributed by atoms with van der Waals surface area (Å²) in [5.74, 6) is -1.35. The fourth-order valence-electron chi connectivity index (χ4n) is 2.97. The second-order valence-corrected chi connectivity index (χ2v) is 6.91. The van der Waals surface area contributed by atoms with Crippen LogP contribution in [0.4, 0.5) is 0 Å². The number of benzene rings is 1. The molecule has 1 unspecified atom stereocenters. The number of thioether (sulfide) groups is 1. The smallest absolute Gasteiger partial charge is 0.352 e. The van der Waals surface area contributed by atoms with Gasteiger partial charge in [0.05, 0.1) is 13.0 Å². The van der Waals surface area contributed by atoms with Gasteiger partial charge < -0.3 is 15.2 Å². The van der Waals surface area contributed by atoms with Gasteiger partial charge in [-0.05, 0) is 11.1 Å². The minimum Gasteiger partial charge on any atom is -0.477 e. The summed E-state index contributed by atoms with van der Waals surface area (Å²) >= 11 is 1.43. The number of β-lactam (4-membered cyclic amide) rings is 1. The molecule has 2 atom stereocenters. The molecule has 0 spiro atoms. The zero-order valence-electron chi connectivity index (χ0n) is 13.6. The van der Waals surface area contributed by atoms with Crippen molar-refractivity contribution in [3.63, 3.8) is 0 Å². The van der Waals surface area contributed by atoms with Crippen LogP contribution < -0.4 is 5.32 Å². The molecule has 1 fully saturated rings. The first-order chi connectivity index (χ1) is 12.0. The molecule has 2 heterocycles. The van der Waals surface area contributed by atoms with E-state index in [0.29, 0.717) is 11.3 Å². The number of nitrogens with zero attached hydrogens (tertiary/aromatic N) is 1. The molecule has 1 aromatic carbocycles. The van der Waals surface area contributed by atoms with Crippen molar-refractivity contribution in [3.05, 3.63) is 47.2 Å². The highest BCUT2D eigenvalue weighted by molar-refractivity contribution is 8.00. The number of ether oxygens (including phenoxy) is 1. The predicted molar refractivity (Wildman–Crippen MR) is 91.7 cm³/mol. The third-order valence-electron chi connectivity index (χ3n) is 4.09. The van der Waals surface area contributed by atoms with E-state index in [0.717, 1.165) is 5.56 Å². The van der Waals surface area contributed by atoms with Crippen LogP contribution in [-0.2, 0) is 25.5 Å². The summed E-state index contributed by atoms with van der Waals surface area (Å²) in [6.45, 7) is 0.163. The molecule has 8 heteroatoms. The minimum atomic E-state index is -1.15. The average Bonchev–Trinajstić information content (AvgIpc) is 2.60. The molecule has 2 N–H and O–H groups in total. The van der Waals surface area contributed by atoms with Crippen LogP contribution in [0.15, 0.2) is 41.6 Å². The zero-order valence-corrected chi connectivity index (χ0v) is 14.4. The first-order valence-corrected chi connectivity index (χ1v) is 8.80. The highest BCUT2D eigenvalue weighted by Crippen LogP contribution is 2.40. The molecular weight excluding hydrogens is 344 g/mol. The van der Waals surface area contributed by atoms with Crippen LogP contribution in [0.3, 0.4) is 0 Å². The first kappa shape index (κ1) is 17.5. The van der Waals surface area contributed by atoms with Gasteiger partial charge >= 0.3 is 5.97 Å². The van der Waals surface area contributed by atoms with Crippen LogP contribution >= 0.6 is 11.8 Å². The van der Waals surface area contributed by atoms with Gasteiger partial charge in [-0.25, -0.2) is 4.79 Å². The van der Waals surface area contributed by atoms with Gasteiger partial charge in [0.25, 0.3) is 5.91 Å². The highest BCUT2D eigenvalue weighted by atomic mass is 32.2. The number of hydrogen-bond donors (Lipinski definition) is 2. The molecule has 2 amide bonds. The van der Waals surface area contributed by atoms with Crippen LogP contribution in [0.5, 0.6) is 0 Å². The Morgan fingerprint density at radius 2 is 2.08 bits per heavy atom. The number of methoxy groups -OCH3 is 1. The van der Waals surface area contributed by atoms with Crippen molar-refractivity contribution in [2.75, 3.05) is 19.5 Å². The minimum absolute atomic E-state index is 0.0239. The fourth-order valence-corrected chi connectivity index (χ4v) is 4.30. The average molecular weight is 362 g/mol. The third kappa shape index (κ3) is 3.40. The monoisotopic (exact) mass is 362 g/mol. The van der Waals surface area contributed by atoms with E-state index in [2.05, 4.69) is 5.32 Å². The number of amides is 2. The highest BCUT2D eigenvalue weighted by Gasteiger charge is 2.54. The maximum absolute atomic E-state index is 12.4. The standard InChI is InChI=1S/C17H18N2O5S/c1-24-8-11-9-25-16-13(15(21)19(16)14(11)17(22)23)18-12(20)7-10-5-3-2-4-6-10/h2-6,13,16H,7-9H2,1H3,(H,18,20)(H,22,23)/t13?,16-/m1/s1. The van der Waals surface area contributed by atoms with Crippen molar-refractivity contribution < 1.29 is 24.2 Å². The molecule has 0 radical (unpaired) electrons. The summed E-state index contributed by atoms with van der Waals surface area (Å²) in [6, 6.07) is 8.54. The summed E-state index contributed by atoms with van der Waals surface area (Å²) in [7, 11) is 1.48. The molecule has 1 aromatic rings. The Balaban J connectivity index is 1.69. The van der Waals surface area contributed by atoms with E-state index in [1.165, 1.54) is 23.8 Å². The molecule has 7 nitrogen and oxygen atoms in total. The SMILES string of the molecule is COCC1=C(C(=O)O)N2C(=O)C(NC(=O)Cc3ccccc3)[C@H]2SC1. The van der Waals surface area contributed by atoms with Crippen molar-refractivity contribution in [1.82, 2.24) is 10.2 Å². The number of carboxylic acids is 1. The predicted octanol–water partition coefficient (Wildman–Crippen LogP) is 0.614. The summed E-state index contributed by atoms with van der Waals surface area (Å²) < 4.78 is 5.02. The largest absolute Gasteiger partial charge is 0.477 e. The summed E-state index contributed by atoms with van der Waals surface area (Å²) in [5, 5.41) is 11.8. The molecule has 132 valence electrons. The number of carboxylic acid groups (broad SMARTS) is 1. The molecule has 1 saturated heterocycles. The number of rotatable bonds is 6. The van der Waals surface area contributed by atoms with E-state index in [9.17, 15) is 19.5 Å². The first-order valence-electron chi connectivity index (χ1n) is 7.75. The van der Waals surface area contributed by atoms with E-state index in [1.807, 2.05) is 30.3 Å². The summed E-state index contributed by atoms with van der Waals surface area (Å²) in [6.07, 6.45) is 0.179. The van der Waals surface area contributed by atoms with E-state index in [-0.39, 0.29) is 30.0 Å². The quantitative estimate of drug-likeness (QED) is 0.720. The Hall–Kier alpha value is -2.32. The number of hydrogen-bond acceptors (Lipinski definition) is 5. The van der Waals surface area contributed by atoms with E-state index >= 15 is 0 Å². The summed E-state index contributed by atoms with van der Waals surface area (Å²) in [4.78, 5) is 37.4. The second-order valence-electron chi connectivity index (χ2n) is 5.81. The maximum Gasteiger partial charge on any atom is 0.352 e. The lowest BCUT2D eigenvalue weighted by Crippen LogP contribution is -2.70. The van der Waals surface area contributed by atoms with Gasteiger partial charge in [0.1, 0.15) is 17.1 Å². The van der Waals surface area contributed by atoms with Crippen LogP contribution in [0.25, 0.3) is 0 Å². The molecule has 2 aliphatic heterocycles. The molecular formula is C17H18N2O5S.